The summed E-state index contributed by atoms with van der Waals surface area (Å²) in [5, 5.41) is 9.42. The SMILES string of the molecule is O=C(O)/C(=C/c1ccccc1)CC(=O)N1CC[C@@H]2CCCC[C@H]21. The van der Waals surface area contributed by atoms with Crippen molar-refractivity contribution in [3.8, 4) is 0 Å². The van der Waals surface area contributed by atoms with Crippen LogP contribution in [0, 0.1) is 5.92 Å². The number of carbonyl (C=O) groups is 2. The Morgan fingerprint density at radius 2 is 1.87 bits per heavy atom. The van der Waals surface area contributed by atoms with E-state index in [1.165, 1.54) is 19.3 Å². The molecule has 0 bridgehead atoms. The Hall–Kier alpha value is -2.10. The lowest BCUT2D eigenvalue weighted by Crippen LogP contribution is -2.39. The minimum absolute atomic E-state index is 0.0204. The molecule has 4 nitrogen and oxygen atoms in total. The number of rotatable bonds is 4. The van der Waals surface area contributed by atoms with E-state index in [-0.39, 0.29) is 17.9 Å². The highest BCUT2D eigenvalue weighted by Crippen LogP contribution is 2.36. The van der Waals surface area contributed by atoms with Gasteiger partial charge in [0.15, 0.2) is 0 Å². The maximum absolute atomic E-state index is 12.6. The third kappa shape index (κ3) is 3.63. The van der Waals surface area contributed by atoms with E-state index in [4.69, 9.17) is 0 Å². The fraction of sp³-hybridized carbons (Fsp3) is 0.474. The number of nitrogens with zero attached hydrogens (tertiary/aromatic N) is 1. The third-order valence-corrected chi connectivity index (χ3v) is 5.09. The number of aliphatic carboxylic acids is 1. The van der Waals surface area contributed by atoms with Crippen molar-refractivity contribution in [1.29, 1.82) is 0 Å². The maximum Gasteiger partial charge on any atom is 0.332 e. The molecule has 2 fully saturated rings. The molecular weight excluding hydrogens is 290 g/mol. The molecule has 23 heavy (non-hydrogen) atoms. The largest absolute Gasteiger partial charge is 0.478 e. The van der Waals surface area contributed by atoms with E-state index in [1.54, 1.807) is 6.08 Å². The molecule has 2 atom stereocenters. The first-order valence-corrected chi connectivity index (χ1v) is 8.43. The molecule has 0 spiro atoms. The Morgan fingerprint density at radius 1 is 1.13 bits per heavy atom. The molecule has 122 valence electrons. The zero-order valence-electron chi connectivity index (χ0n) is 13.3. The van der Waals surface area contributed by atoms with Gasteiger partial charge in [-0.1, -0.05) is 43.2 Å². The zero-order valence-corrected chi connectivity index (χ0v) is 13.3. The molecule has 0 aromatic heterocycles. The molecule has 1 aromatic rings. The van der Waals surface area contributed by atoms with Crippen LogP contribution < -0.4 is 0 Å². The van der Waals surface area contributed by atoms with Gasteiger partial charge in [-0.2, -0.15) is 0 Å². The predicted molar refractivity (Wildman–Crippen MR) is 88.7 cm³/mol. The topological polar surface area (TPSA) is 57.6 Å². The minimum Gasteiger partial charge on any atom is -0.478 e. The van der Waals surface area contributed by atoms with Crippen LogP contribution in [0.4, 0.5) is 0 Å². The maximum atomic E-state index is 12.6. The number of benzene rings is 1. The van der Waals surface area contributed by atoms with Gasteiger partial charge in [-0.05, 0) is 36.8 Å². The molecule has 1 aromatic carbocycles. The van der Waals surface area contributed by atoms with Crippen LogP contribution in [-0.2, 0) is 9.59 Å². The fourth-order valence-corrected chi connectivity index (χ4v) is 3.92. The van der Waals surface area contributed by atoms with Gasteiger partial charge in [0.1, 0.15) is 0 Å². The van der Waals surface area contributed by atoms with Gasteiger partial charge in [0.05, 0.1) is 6.42 Å². The highest BCUT2D eigenvalue weighted by molar-refractivity contribution is 5.98. The average Bonchev–Trinajstić information content (AvgIpc) is 2.99. The van der Waals surface area contributed by atoms with E-state index < -0.39 is 5.97 Å². The molecule has 1 heterocycles. The Balaban J connectivity index is 1.72. The molecule has 1 saturated carbocycles. The summed E-state index contributed by atoms with van der Waals surface area (Å²) in [5.74, 6) is -0.426. The summed E-state index contributed by atoms with van der Waals surface area (Å²) in [6.07, 6.45) is 7.37. The molecule has 1 N–H and O–H groups in total. The van der Waals surface area contributed by atoms with Crippen LogP contribution in [0.5, 0.6) is 0 Å². The second kappa shape index (κ2) is 6.99. The van der Waals surface area contributed by atoms with Crippen molar-refractivity contribution < 1.29 is 14.7 Å². The van der Waals surface area contributed by atoms with Crippen molar-refractivity contribution in [1.82, 2.24) is 4.90 Å². The smallest absolute Gasteiger partial charge is 0.332 e. The van der Waals surface area contributed by atoms with Crippen LogP contribution in [-0.4, -0.2) is 34.5 Å². The highest BCUT2D eigenvalue weighted by Gasteiger charge is 2.38. The summed E-state index contributed by atoms with van der Waals surface area (Å²) in [5.41, 5.74) is 0.982. The van der Waals surface area contributed by atoms with E-state index in [0.29, 0.717) is 12.0 Å². The number of likely N-dealkylation sites (tertiary alicyclic amines) is 1. The van der Waals surface area contributed by atoms with E-state index >= 15 is 0 Å². The van der Waals surface area contributed by atoms with Crippen molar-refractivity contribution in [2.75, 3.05) is 6.54 Å². The molecule has 0 radical (unpaired) electrons. The van der Waals surface area contributed by atoms with E-state index in [1.807, 2.05) is 35.2 Å². The number of hydrogen-bond donors (Lipinski definition) is 1. The van der Waals surface area contributed by atoms with Crippen LogP contribution in [0.15, 0.2) is 35.9 Å². The number of hydrogen-bond acceptors (Lipinski definition) is 2. The Labute approximate surface area is 136 Å². The van der Waals surface area contributed by atoms with Crippen molar-refractivity contribution in [3.63, 3.8) is 0 Å². The van der Waals surface area contributed by atoms with Crippen molar-refractivity contribution in [2.24, 2.45) is 5.92 Å². The number of amides is 1. The molecule has 3 rings (SSSR count). The number of carboxylic acid groups (broad SMARTS) is 1. The van der Waals surface area contributed by atoms with Crippen LogP contribution in [0.1, 0.15) is 44.1 Å². The molecule has 1 amide bonds. The zero-order chi connectivity index (χ0) is 16.2. The van der Waals surface area contributed by atoms with E-state index in [0.717, 1.165) is 24.9 Å². The highest BCUT2D eigenvalue weighted by atomic mass is 16.4. The average molecular weight is 313 g/mol. The Kier molecular flexibility index (Phi) is 4.79. The van der Waals surface area contributed by atoms with Crippen LogP contribution in [0.2, 0.25) is 0 Å². The van der Waals surface area contributed by atoms with Gasteiger partial charge in [0.2, 0.25) is 5.91 Å². The Morgan fingerprint density at radius 3 is 2.61 bits per heavy atom. The Bertz CT molecular complexity index is 608. The first kappa shape index (κ1) is 15.8. The summed E-state index contributed by atoms with van der Waals surface area (Å²) >= 11 is 0. The number of carboxylic acids is 1. The van der Waals surface area contributed by atoms with E-state index in [9.17, 15) is 14.7 Å². The molecule has 4 heteroatoms. The number of fused-ring (bicyclic) bond motifs is 1. The van der Waals surface area contributed by atoms with Gasteiger partial charge in [-0.3, -0.25) is 4.79 Å². The standard InChI is InChI=1S/C19H23NO3/c21-18(20-11-10-15-8-4-5-9-17(15)20)13-16(19(22)23)12-14-6-2-1-3-7-14/h1-3,6-7,12,15,17H,4-5,8-11,13H2,(H,22,23)/b16-12+/t15-,17+/m0/s1. The van der Waals surface area contributed by atoms with Crippen LogP contribution in [0.3, 0.4) is 0 Å². The summed E-state index contributed by atoms with van der Waals surface area (Å²) in [7, 11) is 0. The third-order valence-electron chi connectivity index (χ3n) is 5.09. The van der Waals surface area contributed by atoms with Crippen LogP contribution in [0.25, 0.3) is 6.08 Å². The first-order valence-electron chi connectivity index (χ1n) is 8.43. The molecule has 2 aliphatic rings. The van der Waals surface area contributed by atoms with Gasteiger partial charge < -0.3 is 10.0 Å². The van der Waals surface area contributed by atoms with Crippen molar-refractivity contribution in [3.05, 3.63) is 41.5 Å². The number of carbonyl (C=O) groups excluding carboxylic acids is 1. The molecular formula is C19H23NO3. The minimum atomic E-state index is -1.01. The van der Waals surface area contributed by atoms with Gasteiger partial charge in [0.25, 0.3) is 0 Å². The lowest BCUT2D eigenvalue weighted by atomic mass is 9.85. The molecule has 1 aliphatic carbocycles. The summed E-state index contributed by atoms with van der Waals surface area (Å²) in [4.78, 5) is 26.1. The monoisotopic (exact) mass is 313 g/mol. The molecule has 0 unspecified atom stereocenters. The second-order valence-corrected chi connectivity index (χ2v) is 6.55. The van der Waals surface area contributed by atoms with Crippen LogP contribution >= 0.6 is 0 Å². The predicted octanol–water partition coefficient (Wildman–Crippen LogP) is 3.34. The lowest BCUT2D eigenvalue weighted by Gasteiger charge is -2.31. The quantitative estimate of drug-likeness (QED) is 0.867. The molecule has 1 saturated heterocycles. The lowest BCUT2D eigenvalue weighted by molar-refractivity contribution is -0.137. The summed E-state index contributed by atoms with van der Waals surface area (Å²) in [6.45, 7) is 0.784. The van der Waals surface area contributed by atoms with Crippen molar-refractivity contribution >= 4 is 18.0 Å². The van der Waals surface area contributed by atoms with Crippen molar-refractivity contribution in [2.45, 2.75) is 44.6 Å². The first-order chi connectivity index (χ1) is 11.1. The molecule has 1 aliphatic heterocycles. The van der Waals surface area contributed by atoms with Gasteiger partial charge in [0, 0.05) is 18.2 Å². The summed E-state index contributed by atoms with van der Waals surface area (Å²) in [6, 6.07) is 9.64. The normalized spacial score (nSPS) is 24.3. The van der Waals surface area contributed by atoms with Gasteiger partial charge >= 0.3 is 5.97 Å². The summed E-state index contributed by atoms with van der Waals surface area (Å²) < 4.78 is 0. The fourth-order valence-electron chi connectivity index (χ4n) is 3.92. The second-order valence-electron chi connectivity index (χ2n) is 6.55. The van der Waals surface area contributed by atoms with Gasteiger partial charge in [-0.15, -0.1) is 0 Å². The van der Waals surface area contributed by atoms with E-state index in [2.05, 4.69) is 0 Å². The van der Waals surface area contributed by atoms with Gasteiger partial charge in [-0.25, -0.2) is 4.79 Å².